The molecular formula is C18H32N2O5. The van der Waals surface area contributed by atoms with E-state index in [1.54, 1.807) is 41.5 Å². The van der Waals surface area contributed by atoms with Crippen LogP contribution in [0.4, 0.5) is 9.59 Å². The van der Waals surface area contributed by atoms with Gasteiger partial charge >= 0.3 is 12.2 Å². The molecule has 0 heterocycles. The molecule has 0 saturated carbocycles. The maximum atomic E-state index is 12.2. The number of hydrazine groups is 1. The number of carbonyl (C=O) groups excluding carboxylic acids is 3. The number of ether oxygens (including phenoxy) is 2. The van der Waals surface area contributed by atoms with Gasteiger partial charge in [0.15, 0.2) is 0 Å². The minimum Gasteiger partial charge on any atom is -0.443 e. The molecule has 0 saturated heterocycles. The van der Waals surface area contributed by atoms with E-state index >= 15 is 0 Å². The lowest BCUT2D eigenvalue weighted by Gasteiger charge is -2.28. The molecule has 144 valence electrons. The lowest BCUT2D eigenvalue weighted by Crippen LogP contribution is -2.50. The molecule has 0 atom stereocenters. The summed E-state index contributed by atoms with van der Waals surface area (Å²) < 4.78 is 10.5. The molecule has 0 aliphatic carbocycles. The number of hydrogen-bond donors (Lipinski definition) is 1. The van der Waals surface area contributed by atoms with Crippen molar-refractivity contribution in [1.82, 2.24) is 10.4 Å². The maximum Gasteiger partial charge on any atom is 0.429 e. The second kappa shape index (κ2) is 10.7. The quantitative estimate of drug-likeness (QED) is 0.323. The Balaban J connectivity index is 4.65. The van der Waals surface area contributed by atoms with Crippen LogP contribution in [0.25, 0.3) is 0 Å². The SMILES string of the molecule is CC(C)(C)OC(=O)NN(CC/C=C/CCCC=O)C(=O)OC(C)(C)C. The van der Waals surface area contributed by atoms with Crippen molar-refractivity contribution in [1.29, 1.82) is 0 Å². The predicted molar refractivity (Wildman–Crippen MR) is 96.0 cm³/mol. The Labute approximate surface area is 150 Å². The average molecular weight is 356 g/mol. The first-order chi connectivity index (χ1) is 11.4. The predicted octanol–water partition coefficient (Wildman–Crippen LogP) is 3.98. The van der Waals surface area contributed by atoms with Gasteiger partial charge in [-0.05, 0) is 60.8 Å². The number of nitrogens with zero attached hydrogens (tertiary/aromatic N) is 1. The largest absolute Gasteiger partial charge is 0.443 e. The summed E-state index contributed by atoms with van der Waals surface area (Å²) in [7, 11) is 0. The van der Waals surface area contributed by atoms with E-state index in [9.17, 15) is 14.4 Å². The van der Waals surface area contributed by atoms with Crippen LogP contribution in [0.5, 0.6) is 0 Å². The minimum atomic E-state index is -0.715. The van der Waals surface area contributed by atoms with Crippen LogP contribution in [0, 0.1) is 0 Å². The van der Waals surface area contributed by atoms with Crippen LogP contribution in [-0.4, -0.2) is 41.2 Å². The number of rotatable bonds is 7. The Hall–Kier alpha value is -2.05. The molecule has 0 unspecified atom stereocenters. The molecule has 7 heteroatoms. The van der Waals surface area contributed by atoms with Crippen molar-refractivity contribution in [3.63, 3.8) is 0 Å². The second-order valence-corrected chi connectivity index (χ2v) is 7.60. The van der Waals surface area contributed by atoms with Crippen molar-refractivity contribution in [3.8, 4) is 0 Å². The molecule has 0 bridgehead atoms. The van der Waals surface area contributed by atoms with Gasteiger partial charge in [0.2, 0.25) is 0 Å². The smallest absolute Gasteiger partial charge is 0.429 e. The minimum absolute atomic E-state index is 0.248. The highest BCUT2D eigenvalue weighted by molar-refractivity contribution is 5.74. The van der Waals surface area contributed by atoms with Crippen LogP contribution in [-0.2, 0) is 14.3 Å². The molecule has 1 N–H and O–H groups in total. The molecule has 2 amide bonds. The Morgan fingerprint density at radius 1 is 0.920 bits per heavy atom. The van der Waals surface area contributed by atoms with Crippen molar-refractivity contribution >= 4 is 18.5 Å². The topological polar surface area (TPSA) is 84.9 Å². The normalized spacial score (nSPS) is 11.9. The highest BCUT2D eigenvalue weighted by Crippen LogP contribution is 2.11. The van der Waals surface area contributed by atoms with Gasteiger partial charge in [0, 0.05) is 13.0 Å². The summed E-state index contributed by atoms with van der Waals surface area (Å²) in [6, 6.07) is 0. The number of aldehydes is 1. The fourth-order valence-electron chi connectivity index (χ4n) is 1.68. The highest BCUT2D eigenvalue weighted by atomic mass is 16.6. The van der Waals surface area contributed by atoms with E-state index < -0.39 is 23.4 Å². The zero-order valence-corrected chi connectivity index (χ0v) is 16.3. The van der Waals surface area contributed by atoms with Gasteiger partial charge in [-0.15, -0.1) is 0 Å². The van der Waals surface area contributed by atoms with Crippen molar-refractivity contribution in [3.05, 3.63) is 12.2 Å². The third-order valence-corrected chi connectivity index (χ3v) is 2.62. The van der Waals surface area contributed by atoms with Gasteiger partial charge in [0.25, 0.3) is 0 Å². The molecule has 0 aliphatic heterocycles. The Bertz CT molecular complexity index is 461. The van der Waals surface area contributed by atoms with Crippen molar-refractivity contribution in [2.24, 2.45) is 0 Å². The molecule has 25 heavy (non-hydrogen) atoms. The van der Waals surface area contributed by atoms with Gasteiger partial charge in [-0.25, -0.2) is 20.0 Å². The molecule has 0 aliphatic rings. The zero-order chi connectivity index (χ0) is 19.5. The van der Waals surface area contributed by atoms with Crippen LogP contribution in [0.1, 0.15) is 67.2 Å². The summed E-state index contributed by atoms with van der Waals surface area (Å²) >= 11 is 0. The molecule has 0 radical (unpaired) electrons. The number of hydrogen-bond acceptors (Lipinski definition) is 5. The summed E-state index contributed by atoms with van der Waals surface area (Å²) in [4.78, 5) is 34.4. The van der Waals surface area contributed by atoms with Gasteiger partial charge in [-0.1, -0.05) is 12.2 Å². The van der Waals surface area contributed by atoms with E-state index in [0.29, 0.717) is 12.8 Å². The summed E-state index contributed by atoms with van der Waals surface area (Å²) in [5.41, 5.74) is 1.09. The highest BCUT2D eigenvalue weighted by Gasteiger charge is 2.25. The fourth-order valence-corrected chi connectivity index (χ4v) is 1.68. The monoisotopic (exact) mass is 356 g/mol. The molecule has 0 spiro atoms. The first-order valence-electron chi connectivity index (χ1n) is 8.53. The number of carbonyl (C=O) groups is 3. The van der Waals surface area contributed by atoms with E-state index in [0.717, 1.165) is 24.1 Å². The molecule has 0 aromatic heterocycles. The maximum absolute atomic E-state index is 12.2. The van der Waals surface area contributed by atoms with Crippen molar-refractivity contribution in [2.75, 3.05) is 6.54 Å². The Kier molecular flexibility index (Phi) is 9.86. The van der Waals surface area contributed by atoms with Crippen molar-refractivity contribution < 1.29 is 23.9 Å². The summed E-state index contributed by atoms with van der Waals surface area (Å²) in [5.74, 6) is 0. The standard InChI is InChI=1S/C18H32N2O5/c1-17(2,3)24-15(22)19-20(16(23)25-18(4,5)6)13-11-9-7-8-10-12-14-21/h7,9,14H,8,10-13H2,1-6H3,(H,19,22)/b9-7+. The van der Waals surface area contributed by atoms with E-state index in [2.05, 4.69) is 5.43 Å². The van der Waals surface area contributed by atoms with Gasteiger partial charge in [-0.3, -0.25) is 0 Å². The number of unbranched alkanes of at least 4 members (excludes halogenated alkanes) is 2. The van der Waals surface area contributed by atoms with Crippen LogP contribution in [0.2, 0.25) is 0 Å². The summed E-state index contributed by atoms with van der Waals surface area (Å²) in [5, 5.41) is 1.11. The molecule has 0 rings (SSSR count). The van der Waals surface area contributed by atoms with Crippen LogP contribution in [0.3, 0.4) is 0 Å². The first-order valence-corrected chi connectivity index (χ1v) is 8.53. The first kappa shape index (κ1) is 22.9. The second-order valence-electron chi connectivity index (χ2n) is 7.60. The molecule has 0 aromatic carbocycles. The molecule has 0 fully saturated rings. The molecular weight excluding hydrogens is 324 g/mol. The van der Waals surface area contributed by atoms with E-state index in [1.165, 1.54) is 0 Å². The lowest BCUT2D eigenvalue weighted by molar-refractivity contribution is -0.107. The van der Waals surface area contributed by atoms with Crippen LogP contribution >= 0.6 is 0 Å². The fraction of sp³-hybridized carbons (Fsp3) is 0.722. The van der Waals surface area contributed by atoms with Gasteiger partial charge in [0.1, 0.15) is 17.5 Å². The third-order valence-electron chi connectivity index (χ3n) is 2.62. The van der Waals surface area contributed by atoms with Gasteiger partial charge in [-0.2, -0.15) is 0 Å². The number of allylic oxidation sites excluding steroid dienone is 1. The molecule has 0 aromatic rings. The Morgan fingerprint density at radius 3 is 2.00 bits per heavy atom. The third kappa shape index (κ3) is 14.0. The van der Waals surface area contributed by atoms with Crippen molar-refractivity contribution in [2.45, 2.75) is 78.4 Å². The zero-order valence-electron chi connectivity index (χ0n) is 16.3. The molecule has 7 nitrogen and oxygen atoms in total. The van der Waals surface area contributed by atoms with E-state index in [4.69, 9.17) is 9.47 Å². The van der Waals surface area contributed by atoms with Crippen LogP contribution < -0.4 is 5.43 Å². The van der Waals surface area contributed by atoms with E-state index in [-0.39, 0.29) is 6.54 Å². The van der Waals surface area contributed by atoms with Gasteiger partial charge in [0.05, 0.1) is 0 Å². The Morgan fingerprint density at radius 2 is 1.48 bits per heavy atom. The summed E-state index contributed by atoms with van der Waals surface area (Å²) in [6.07, 6.45) is 6.05. The summed E-state index contributed by atoms with van der Waals surface area (Å²) in [6.45, 7) is 10.7. The van der Waals surface area contributed by atoms with Crippen LogP contribution in [0.15, 0.2) is 12.2 Å². The van der Waals surface area contributed by atoms with Gasteiger partial charge < -0.3 is 14.3 Å². The van der Waals surface area contributed by atoms with E-state index in [1.807, 2.05) is 12.2 Å². The lowest BCUT2D eigenvalue weighted by atomic mass is 10.2. The number of amides is 2. The average Bonchev–Trinajstić information content (AvgIpc) is 2.41. The number of nitrogens with one attached hydrogen (secondary N) is 1.